The summed E-state index contributed by atoms with van der Waals surface area (Å²) in [4.78, 5) is 0. The molecular formula is C29H26ClN5O5S. The number of aliphatic hydroxyl groups is 4. The molecule has 0 unspecified atom stereocenters. The number of rotatable bonds is 7. The third-order valence-electron chi connectivity index (χ3n) is 6.80. The van der Waals surface area contributed by atoms with Crippen molar-refractivity contribution in [2.45, 2.75) is 35.0 Å². The normalized spacial score (nSPS) is 22.6. The van der Waals surface area contributed by atoms with Crippen molar-refractivity contribution >= 4 is 23.4 Å². The zero-order valence-corrected chi connectivity index (χ0v) is 23.0. The lowest BCUT2D eigenvalue weighted by atomic mass is 10.0. The third kappa shape index (κ3) is 5.41. The Morgan fingerprint density at radius 3 is 2.17 bits per heavy atom. The lowest BCUT2D eigenvalue weighted by Crippen LogP contribution is -2.57. The average Bonchev–Trinajstić information content (AvgIpc) is 3.63. The largest absolute Gasteiger partial charge is 0.394 e. The van der Waals surface area contributed by atoms with Gasteiger partial charge in [-0.2, -0.15) is 5.10 Å². The van der Waals surface area contributed by atoms with E-state index in [0.29, 0.717) is 21.7 Å². The Labute approximate surface area is 244 Å². The number of hydrogen-bond acceptors (Lipinski definition) is 9. The van der Waals surface area contributed by atoms with Crippen LogP contribution in [0, 0.1) is 0 Å². The first-order chi connectivity index (χ1) is 19.9. The van der Waals surface area contributed by atoms with Gasteiger partial charge in [0, 0.05) is 16.3 Å². The highest BCUT2D eigenvalue weighted by atomic mass is 35.5. The van der Waals surface area contributed by atoms with Gasteiger partial charge in [-0.25, -0.2) is 4.68 Å². The van der Waals surface area contributed by atoms with Gasteiger partial charge in [0.2, 0.25) is 0 Å². The van der Waals surface area contributed by atoms with E-state index < -0.39 is 36.5 Å². The molecule has 1 fully saturated rings. The van der Waals surface area contributed by atoms with Crippen molar-refractivity contribution < 1.29 is 25.2 Å². The summed E-state index contributed by atoms with van der Waals surface area (Å²) >= 11 is 7.17. The van der Waals surface area contributed by atoms with Gasteiger partial charge in [-0.05, 0) is 42.5 Å². The number of thioether (sulfide) groups is 1. The van der Waals surface area contributed by atoms with Crippen molar-refractivity contribution in [1.29, 1.82) is 0 Å². The topological polar surface area (TPSA) is 139 Å². The number of nitrogens with zero attached hydrogens (tertiary/aromatic N) is 5. The molecule has 0 aliphatic carbocycles. The van der Waals surface area contributed by atoms with Crippen LogP contribution >= 0.6 is 23.4 Å². The van der Waals surface area contributed by atoms with E-state index in [4.69, 9.17) is 21.4 Å². The second-order valence-electron chi connectivity index (χ2n) is 9.46. The van der Waals surface area contributed by atoms with E-state index in [2.05, 4.69) is 10.2 Å². The van der Waals surface area contributed by atoms with Crippen molar-refractivity contribution in [2.24, 2.45) is 0 Å². The van der Waals surface area contributed by atoms with Gasteiger partial charge in [0.25, 0.3) is 0 Å². The maximum absolute atomic E-state index is 10.7. The van der Waals surface area contributed by atoms with Crippen molar-refractivity contribution in [3.63, 3.8) is 0 Å². The SMILES string of the molecule is OC[C@H]1O[C@@H](Sc2nnc(-c3cc(-c4ccccc4)n(-c4ccc(Cl)cc4)n3)n2-c2ccccc2)[C@H](O)[C@@H](O)[C@@H]1O. The van der Waals surface area contributed by atoms with Crippen LogP contribution in [0.15, 0.2) is 96.2 Å². The van der Waals surface area contributed by atoms with E-state index >= 15 is 0 Å². The van der Waals surface area contributed by atoms with Gasteiger partial charge >= 0.3 is 0 Å². The van der Waals surface area contributed by atoms with Crippen molar-refractivity contribution in [2.75, 3.05) is 6.61 Å². The van der Waals surface area contributed by atoms with E-state index in [1.54, 1.807) is 16.7 Å². The fraction of sp³-hybridized carbons (Fsp3) is 0.207. The van der Waals surface area contributed by atoms with Gasteiger partial charge in [-0.1, -0.05) is 71.9 Å². The Hall–Kier alpha value is -3.55. The highest BCUT2D eigenvalue weighted by Gasteiger charge is 2.44. The number of para-hydroxylation sites is 1. The molecule has 2 aromatic heterocycles. The summed E-state index contributed by atoms with van der Waals surface area (Å²) in [6, 6.07) is 28.6. The Morgan fingerprint density at radius 2 is 1.49 bits per heavy atom. The summed E-state index contributed by atoms with van der Waals surface area (Å²) in [7, 11) is 0. The minimum absolute atomic E-state index is 0.359. The summed E-state index contributed by atoms with van der Waals surface area (Å²) in [6.45, 7) is -0.525. The monoisotopic (exact) mass is 591 g/mol. The van der Waals surface area contributed by atoms with Gasteiger partial charge in [-0.3, -0.25) is 4.57 Å². The molecule has 10 nitrogen and oxygen atoms in total. The first-order valence-electron chi connectivity index (χ1n) is 12.8. The molecule has 3 aromatic carbocycles. The predicted octanol–water partition coefficient (Wildman–Crippen LogP) is 3.33. The van der Waals surface area contributed by atoms with Crippen molar-refractivity contribution in [3.8, 4) is 34.2 Å². The molecule has 5 atom stereocenters. The Balaban J connectivity index is 1.46. The number of hydrogen-bond donors (Lipinski definition) is 4. The van der Waals surface area contributed by atoms with Crippen molar-refractivity contribution in [3.05, 3.63) is 96.0 Å². The second kappa shape index (κ2) is 11.7. The van der Waals surface area contributed by atoms with E-state index in [1.165, 1.54) is 0 Å². The molecule has 1 saturated heterocycles. The molecule has 12 heteroatoms. The van der Waals surface area contributed by atoms with E-state index in [-0.39, 0.29) is 0 Å². The molecule has 41 heavy (non-hydrogen) atoms. The Morgan fingerprint density at radius 1 is 0.805 bits per heavy atom. The second-order valence-corrected chi connectivity index (χ2v) is 11.0. The molecule has 0 saturated carbocycles. The number of ether oxygens (including phenoxy) is 1. The molecule has 4 N–H and O–H groups in total. The number of benzene rings is 3. The number of halogens is 1. The van der Waals surface area contributed by atoms with E-state index in [1.807, 2.05) is 83.5 Å². The van der Waals surface area contributed by atoms with Crippen molar-refractivity contribution in [1.82, 2.24) is 24.5 Å². The molecule has 1 aliphatic heterocycles. The van der Waals surface area contributed by atoms with Crippen LogP contribution in [0.2, 0.25) is 5.02 Å². The predicted molar refractivity (Wildman–Crippen MR) is 154 cm³/mol. The van der Waals surface area contributed by atoms with Crippen LogP contribution in [0.25, 0.3) is 34.2 Å². The molecule has 3 heterocycles. The zero-order chi connectivity index (χ0) is 28.5. The molecule has 0 bridgehead atoms. The average molecular weight is 592 g/mol. The summed E-state index contributed by atoms with van der Waals surface area (Å²) in [6.07, 6.45) is -5.44. The van der Waals surface area contributed by atoms with Crippen LogP contribution in [0.5, 0.6) is 0 Å². The lowest BCUT2D eigenvalue weighted by Gasteiger charge is -2.39. The fourth-order valence-corrected chi connectivity index (χ4v) is 5.89. The van der Waals surface area contributed by atoms with Crippen LogP contribution in [0.3, 0.4) is 0 Å². The lowest BCUT2D eigenvalue weighted by molar-refractivity contribution is -0.205. The summed E-state index contributed by atoms with van der Waals surface area (Å²) < 4.78 is 9.33. The molecular weight excluding hydrogens is 566 g/mol. The van der Waals surface area contributed by atoms with Crippen LogP contribution in [-0.2, 0) is 4.74 Å². The number of aliphatic hydroxyl groups excluding tert-OH is 4. The first-order valence-corrected chi connectivity index (χ1v) is 14.1. The molecule has 0 spiro atoms. The number of aromatic nitrogens is 5. The zero-order valence-electron chi connectivity index (χ0n) is 21.5. The van der Waals surface area contributed by atoms with Gasteiger partial charge in [0.05, 0.1) is 18.0 Å². The smallest absolute Gasteiger partial charge is 0.198 e. The highest BCUT2D eigenvalue weighted by Crippen LogP contribution is 2.36. The summed E-state index contributed by atoms with van der Waals surface area (Å²) in [5, 5.41) is 55.6. The molecule has 5 aromatic rings. The van der Waals surface area contributed by atoms with Crippen LogP contribution < -0.4 is 0 Å². The Bertz CT molecular complexity index is 1610. The molecule has 1 aliphatic rings. The van der Waals surface area contributed by atoms with Crippen LogP contribution in [0.4, 0.5) is 0 Å². The highest BCUT2D eigenvalue weighted by molar-refractivity contribution is 7.99. The van der Waals surface area contributed by atoms with Gasteiger partial charge in [0.15, 0.2) is 11.0 Å². The minimum Gasteiger partial charge on any atom is -0.394 e. The fourth-order valence-electron chi connectivity index (χ4n) is 4.67. The van der Waals surface area contributed by atoms with Crippen LogP contribution in [-0.4, -0.2) is 81.4 Å². The summed E-state index contributed by atoms with van der Waals surface area (Å²) in [5.74, 6) is 0.438. The maximum Gasteiger partial charge on any atom is 0.198 e. The quantitative estimate of drug-likeness (QED) is 0.224. The van der Waals surface area contributed by atoms with E-state index in [0.717, 1.165) is 34.4 Å². The van der Waals surface area contributed by atoms with Gasteiger partial charge < -0.3 is 25.2 Å². The van der Waals surface area contributed by atoms with Gasteiger partial charge in [-0.15, -0.1) is 10.2 Å². The molecule has 0 radical (unpaired) electrons. The third-order valence-corrected chi connectivity index (χ3v) is 8.15. The standard InChI is InChI=1S/C29H26ClN5O5S/c30-18-11-13-20(14-12-18)35-22(17-7-3-1-4-8-17)15-21(33-35)27-31-32-29(34(27)19-9-5-2-6-10-19)41-28-26(39)25(38)24(37)23(16-36)40-28/h1-15,23-26,28,36-39H,16H2/t23-,24-,25+,26-,28+/m1/s1. The minimum atomic E-state index is -1.51. The van der Waals surface area contributed by atoms with Crippen LogP contribution in [0.1, 0.15) is 0 Å². The van der Waals surface area contributed by atoms with Gasteiger partial charge in [0.1, 0.15) is 35.5 Å². The maximum atomic E-state index is 10.7. The first kappa shape index (κ1) is 27.6. The molecule has 0 amide bonds. The Kier molecular flexibility index (Phi) is 7.91. The summed E-state index contributed by atoms with van der Waals surface area (Å²) in [5.41, 5.74) is 2.83. The van der Waals surface area contributed by atoms with E-state index in [9.17, 15) is 20.4 Å². The molecule has 6 rings (SSSR count). The molecule has 210 valence electrons.